The summed E-state index contributed by atoms with van der Waals surface area (Å²) < 4.78 is 3.14. The smallest absolute Gasteiger partial charge is 0.191 e. The first-order valence-corrected chi connectivity index (χ1v) is 9.00. The van der Waals surface area contributed by atoms with Crippen molar-refractivity contribution in [1.29, 1.82) is 0 Å². The van der Waals surface area contributed by atoms with Gasteiger partial charge in [0.15, 0.2) is 11.8 Å². The fraction of sp³-hybridized carbons (Fsp3) is 0.353. The predicted octanol–water partition coefficient (Wildman–Crippen LogP) is 1.91. The van der Waals surface area contributed by atoms with E-state index < -0.39 is 6.10 Å². The van der Waals surface area contributed by atoms with Gasteiger partial charge >= 0.3 is 0 Å². The first-order chi connectivity index (χ1) is 12.2. The van der Waals surface area contributed by atoms with Crippen LogP contribution in [0.3, 0.4) is 0 Å². The van der Waals surface area contributed by atoms with Gasteiger partial charge < -0.3 is 20.3 Å². The number of guanidine groups is 1. The Morgan fingerprint density at radius 3 is 2.96 bits per heavy atom. The van der Waals surface area contributed by atoms with E-state index in [1.54, 1.807) is 24.7 Å². The molecule has 3 aromatic rings. The summed E-state index contributed by atoms with van der Waals surface area (Å²) in [6, 6.07) is 10.2. The number of fused-ring (bicyclic) bond motifs is 1. The molecule has 3 rings (SSSR count). The summed E-state index contributed by atoms with van der Waals surface area (Å²) in [4.78, 5) is 5.12. The van der Waals surface area contributed by atoms with Gasteiger partial charge in [-0.2, -0.15) is 0 Å². The fourth-order valence-corrected chi connectivity index (χ4v) is 3.57. The van der Waals surface area contributed by atoms with Gasteiger partial charge in [0, 0.05) is 29.7 Å². The van der Waals surface area contributed by atoms with Crippen molar-refractivity contribution in [2.24, 2.45) is 4.99 Å². The Morgan fingerprint density at radius 1 is 1.36 bits per heavy atom. The summed E-state index contributed by atoms with van der Waals surface area (Å²) in [5.74, 6) is 1.46. The van der Waals surface area contributed by atoms with E-state index in [0.717, 1.165) is 22.6 Å². The van der Waals surface area contributed by atoms with Crippen molar-refractivity contribution in [3.05, 3.63) is 47.4 Å². The zero-order valence-corrected chi connectivity index (χ0v) is 15.1. The van der Waals surface area contributed by atoms with Crippen molar-refractivity contribution in [2.45, 2.75) is 26.1 Å². The van der Waals surface area contributed by atoms with Crippen molar-refractivity contribution in [3.8, 4) is 0 Å². The summed E-state index contributed by atoms with van der Waals surface area (Å²) >= 11 is 1.61. The van der Waals surface area contributed by atoms with Crippen molar-refractivity contribution in [1.82, 2.24) is 25.4 Å². The number of nitrogens with one attached hydrogen (secondary N) is 2. The van der Waals surface area contributed by atoms with Crippen LogP contribution in [0.4, 0.5) is 0 Å². The number of aryl methyl sites for hydroxylation is 1. The predicted molar refractivity (Wildman–Crippen MR) is 101 cm³/mol. The van der Waals surface area contributed by atoms with Crippen LogP contribution >= 0.6 is 11.3 Å². The number of thiophene rings is 1. The lowest BCUT2D eigenvalue weighted by atomic mass is 10.2. The van der Waals surface area contributed by atoms with E-state index in [4.69, 9.17) is 0 Å². The second-order valence-corrected chi connectivity index (χ2v) is 6.66. The average molecular weight is 358 g/mol. The molecule has 0 aliphatic carbocycles. The van der Waals surface area contributed by atoms with Crippen molar-refractivity contribution in [2.75, 3.05) is 13.6 Å². The molecule has 0 saturated heterocycles. The molecule has 2 aromatic heterocycles. The lowest BCUT2D eigenvalue weighted by Gasteiger charge is -2.14. The van der Waals surface area contributed by atoms with Gasteiger partial charge in [-0.25, -0.2) is 0 Å². The normalized spacial score (nSPS) is 13.2. The van der Waals surface area contributed by atoms with Gasteiger partial charge in [-0.1, -0.05) is 18.2 Å². The Balaban J connectivity index is 1.55. The zero-order valence-electron chi connectivity index (χ0n) is 14.3. The summed E-state index contributed by atoms with van der Waals surface area (Å²) in [5, 5.41) is 25.9. The van der Waals surface area contributed by atoms with Crippen LogP contribution in [0.1, 0.15) is 23.7 Å². The van der Waals surface area contributed by atoms with E-state index in [1.165, 1.54) is 4.70 Å². The van der Waals surface area contributed by atoms with E-state index in [1.807, 2.05) is 29.7 Å². The van der Waals surface area contributed by atoms with Crippen LogP contribution in [0, 0.1) is 0 Å². The third kappa shape index (κ3) is 4.15. The maximum Gasteiger partial charge on any atom is 0.191 e. The number of aromatic nitrogens is 3. The maximum absolute atomic E-state index is 10.4. The number of benzene rings is 1. The molecule has 7 nitrogen and oxygen atoms in total. The van der Waals surface area contributed by atoms with E-state index in [-0.39, 0.29) is 0 Å². The first-order valence-electron chi connectivity index (χ1n) is 8.19. The van der Waals surface area contributed by atoms with Gasteiger partial charge in [0.1, 0.15) is 12.4 Å². The molecule has 0 spiro atoms. The minimum absolute atomic E-state index is 0.382. The zero-order chi connectivity index (χ0) is 17.6. The Bertz CT molecular complexity index is 823. The summed E-state index contributed by atoms with van der Waals surface area (Å²) in [5.41, 5.74) is 0. The summed E-state index contributed by atoms with van der Waals surface area (Å²) in [7, 11) is 1.70. The Morgan fingerprint density at radius 2 is 2.20 bits per heavy atom. The quantitative estimate of drug-likeness (QED) is 0.463. The molecule has 8 heteroatoms. The highest BCUT2D eigenvalue weighted by molar-refractivity contribution is 7.19. The molecule has 1 atom stereocenters. The van der Waals surface area contributed by atoms with Crippen LogP contribution in [0.2, 0.25) is 0 Å². The van der Waals surface area contributed by atoms with E-state index in [2.05, 4.69) is 38.0 Å². The van der Waals surface area contributed by atoms with Crippen LogP contribution in [-0.2, 0) is 13.1 Å². The third-order valence-electron chi connectivity index (χ3n) is 3.91. The van der Waals surface area contributed by atoms with E-state index >= 15 is 0 Å². The lowest BCUT2D eigenvalue weighted by Crippen LogP contribution is -2.39. The molecular weight excluding hydrogens is 336 g/mol. The maximum atomic E-state index is 10.4. The monoisotopic (exact) mass is 358 g/mol. The molecule has 0 bridgehead atoms. The number of aliphatic hydroxyl groups excluding tert-OH is 1. The molecule has 0 radical (unpaired) electrons. The molecule has 0 fully saturated rings. The molecular formula is C17H22N6OS. The number of aliphatic imine (C=N–C) groups is 1. The second-order valence-electron chi connectivity index (χ2n) is 5.54. The van der Waals surface area contributed by atoms with Gasteiger partial charge in [-0.15, -0.1) is 21.5 Å². The van der Waals surface area contributed by atoms with Crippen molar-refractivity contribution < 1.29 is 5.11 Å². The molecule has 2 heterocycles. The first kappa shape index (κ1) is 17.4. The minimum Gasteiger partial charge on any atom is -0.386 e. The molecule has 25 heavy (non-hydrogen) atoms. The van der Waals surface area contributed by atoms with Gasteiger partial charge in [-0.3, -0.25) is 4.99 Å². The van der Waals surface area contributed by atoms with E-state index in [9.17, 15) is 5.11 Å². The molecule has 0 aliphatic rings. The number of hydrogen-bond acceptors (Lipinski definition) is 5. The van der Waals surface area contributed by atoms with Gasteiger partial charge in [0.25, 0.3) is 0 Å². The number of aliphatic hydroxyl groups is 1. The van der Waals surface area contributed by atoms with Crippen LogP contribution in [0.5, 0.6) is 0 Å². The third-order valence-corrected chi connectivity index (χ3v) is 5.13. The molecule has 1 aromatic carbocycles. The van der Waals surface area contributed by atoms with Crippen molar-refractivity contribution >= 4 is 27.4 Å². The highest BCUT2D eigenvalue weighted by atomic mass is 32.1. The molecule has 0 amide bonds. The standard InChI is InChI=1S/C17H22N6OS/c1-3-23-11-21-22-16(23)10-20-17(18-2)19-9-13(24)15-8-12-6-4-5-7-14(12)25-15/h4-8,11,13,24H,3,9-10H2,1-2H3,(H2,18,19,20). The molecule has 132 valence electrons. The Kier molecular flexibility index (Phi) is 5.62. The Hall–Kier alpha value is -2.45. The van der Waals surface area contributed by atoms with E-state index in [0.29, 0.717) is 19.0 Å². The topological polar surface area (TPSA) is 87.4 Å². The number of rotatable bonds is 6. The average Bonchev–Trinajstić information content (AvgIpc) is 3.27. The highest BCUT2D eigenvalue weighted by Gasteiger charge is 2.12. The molecule has 0 aliphatic heterocycles. The van der Waals surface area contributed by atoms with Crippen molar-refractivity contribution in [3.63, 3.8) is 0 Å². The lowest BCUT2D eigenvalue weighted by molar-refractivity contribution is 0.184. The number of nitrogens with zero attached hydrogens (tertiary/aromatic N) is 4. The minimum atomic E-state index is -0.588. The van der Waals surface area contributed by atoms with Crippen LogP contribution < -0.4 is 10.6 Å². The second kappa shape index (κ2) is 8.09. The molecule has 3 N–H and O–H groups in total. The highest BCUT2D eigenvalue weighted by Crippen LogP contribution is 2.29. The SMILES string of the molecule is CCn1cnnc1CNC(=NC)NCC(O)c1cc2ccccc2s1. The fourth-order valence-electron chi connectivity index (χ4n) is 2.52. The van der Waals surface area contributed by atoms with Gasteiger partial charge in [0.05, 0.1) is 6.54 Å². The number of hydrogen-bond donors (Lipinski definition) is 3. The van der Waals surface area contributed by atoms with Crippen LogP contribution in [0.25, 0.3) is 10.1 Å². The largest absolute Gasteiger partial charge is 0.386 e. The summed E-state index contributed by atoms with van der Waals surface area (Å²) in [6.07, 6.45) is 1.12. The Labute approximate surface area is 150 Å². The molecule has 1 unspecified atom stereocenters. The van der Waals surface area contributed by atoms with Crippen LogP contribution in [0.15, 0.2) is 41.7 Å². The van der Waals surface area contributed by atoms with Gasteiger partial charge in [-0.05, 0) is 24.4 Å². The summed E-state index contributed by atoms with van der Waals surface area (Å²) in [6.45, 7) is 3.77. The molecule has 0 saturated carbocycles. The van der Waals surface area contributed by atoms with Gasteiger partial charge in [0.2, 0.25) is 0 Å². The van der Waals surface area contributed by atoms with Crippen LogP contribution in [-0.4, -0.2) is 39.4 Å².